The highest BCUT2D eigenvalue weighted by atomic mass is 16.2. The number of nitrogens with two attached hydrogens (primary N) is 1. The summed E-state index contributed by atoms with van der Waals surface area (Å²) in [5.74, 6) is -1.12. The first-order chi connectivity index (χ1) is 13.2. The van der Waals surface area contributed by atoms with Gasteiger partial charge in [0.2, 0.25) is 11.8 Å². The topological polar surface area (TPSA) is 75.4 Å². The van der Waals surface area contributed by atoms with E-state index >= 15 is 0 Å². The number of benzene rings is 2. The number of primary amides is 1. The first kappa shape index (κ1) is 19.9. The molecule has 28 heavy (non-hydrogen) atoms. The normalized spacial score (nSPS) is 23.0. The summed E-state index contributed by atoms with van der Waals surface area (Å²) >= 11 is 0. The molecule has 3 rings (SSSR count). The molecular formula is C23H29N3O2. The molecular weight excluding hydrogens is 350 g/mol. The predicted molar refractivity (Wildman–Crippen MR) is 113 cm³/mol. The van der Waals surface area contributed by atoms with Crippen LogP contribution in [0.2, 0.25) is 0 Å². The van der Waals surface area contributed by atoms with Gasteiger partial charge in [0.1, 0.15) is 0 Å². The van der Waals surface area contributed by atoms with E-state index in [0.29, 0.717) is 0 Å². The van der Waals surface area contributed by atoms with Crippen molar-refractivity contribution in [2.75, 3.05) is 16.8 Å². The lowest BCUT2D eigenvalue weighted by Crippen LogP contribution is -2.65. The lowest BCUT2D eigenvalue weighted by atomic mass is 9.57. The van der Waals surface area contributed by atoms with Gasteiger partial charge in [-0.05, 0) is 44.0 Å². The summed E-state index contributed by atoms with van der Waals surface area (Å²) in [6, 6.07) is 16.0. The van der Waals surface area contributed by atoms with E-state index in [0.717, 1.165) is 29.0 Å². The van der Waals surface area contributed by atoms with Crippen LogP contribution in [0.5, 0.6) is 0 Å². The maximum absolute atomic E-state index is 12.8. The summed E-state index contributed by atoms with van der Waals surface area (Å²) in [6.45, 7) is 10.3. The van der Waals surface area contributed by atoms with Crippen molar-refractivity contribution >= 4 is 23.2 Å². The SMILES string of the molecule is CCNc1ccc2c(c1)N(C(C)=O)C(C)(C)C(C(N)=O)C2(C)c1ccccc1. The Hall–Kier alpha value is -2.82. The van der Waals surface area contributed by atoms with E-state index in [1.54, 1.807) is 4.90 Å². The van der Waals surface area contributed by atoms with Gasteiger partial charge in [-0.2, -0.15) is 0 Å². The van der Waals surface area contributed by atoms with Gasteiger partial charge in [-0.15, -0.1) is 0 Å². The molecule has 1 heterocycles. The van der Waals surface area contributed by atoms with Crippen LogP contribution < -0.4 is 16.0 Å². The minimum absolute atomic E-state index is 0.110. The van der Waals surface area contributed by atoms with E-state index in [9.17, 15) is 9.59 Å². The molecule has 5 heteroatoms. The number of hydrogen-bond acceptors (Lipinski definition) is 3. The van der Waals surface area contributed by atoms with Crippen LogP contribution in [0.3, 0.4) is 0 Å². The van der Waals surface area contributed by atoms with Gasteiger partial charge in [0.05, 0.1) is 17.1 Å². The standard InChI is InChI=1S/C23H29N3O2/c1-6-25-17-12-13-18-19(14-17)26(15(2)27)22(3,4)20(21(24)28)23(18,5)16-10-8-7-9-11-16/h7-14,20,25H,6H2,1-5H3,(H2,24,28). The van der Waals surface area contributed by atoms with Gasteiger partial charge in [0, 0.05) is 24.6 Å². The van der Waals surface area contributed by atoms with E-state index in [-0.39, 0.29) is 5.91 Å². The Morgan fingerprint density at radius 3 is 2.29 bits per heavy atom. The molecule has 3 N–H and O–H groups in total. The van der Waals surface area contributed by atoms with Crippen molar-refractivity contribution in [2.24, 2.45) is 11.7 Å². The van der Waals surface area contributed by atoms with Crippen LogP contribution in [0.1, 0.15) is 45.7 Å². The number of hydrogen-bond donors (Lipinski definition) is 2. The summed E-state index contributed by atoms with van der Waals surface area (Å²) in [6.07, 6.45) is 0. The Balaban J connectivity index is 2.40. The average molecular weight is 380 g/mol. The third-order valence-corrected chi connectivity index (χ3v) is 6.01. The van der Waals surface area contributed by atoms with Crippen molar-refractivity contribution < 1.29 is 9.59 Å². The Morgan fingerprint density at radius 1 is 1.11 bits per heavy atom. The highest BCUT2D eigenvalue weighted by molar-refractivity contribution is 5.98. The van der Waals surface area contributed by atoms with Gasteiger partial charge in [-0.1, -0.05) is 43.3 Å². The summed E-state index contributed by atoms with van der Waals surface area (Å²) in [7, 11) is 0. The monoisotopic (exact) mass is 379 g/mol. The van der Waals surface area contributed by atoms with Crippen molar-refractivity contribution in [3.63, 3.8) is 0 Å². The average Bonchev–Trinajstić information content (AvgIpc) is 2.61. The lowest BCUT2D eigenvalue weighted by Gasteiger charge is -2.55. The summed E-state index contributed by atoms with van der Waals surface area (Å²) < 4.78 is 0. The van der Waals surface area contributed by atoms with Crippen LogP contribution in [0, 0.1) is 5.92 Å². The molecule has 0 radical (unpaired) electrons. The number of anilines is 2. The molecule has 1 aliphatic heterocycles. The number of nitrogens with one attached hydrogen (secondary N) is 1. The third-order valence-electron chi connectivity index (χ3n) is 6.01. The van der Waals surface area contributed by atoms with Crippen LogP contribution in [0.25, 0.3) is 0 Å². The van der Waals surface area contributed by atoms with Crippen molar-refractivity contribution in [2.45, 2.75) is 45.6 Å². The molecule has 0 spiro atoms. The van der Waals surface area contributed by atoms with Crippen LogP contribution >= 0.6 is 0 Å². The van der Waals surface area contributed by atoms with Gasteiger partial charge >= 0.3 is 0 Å². The number of nitrogens with zero attached hydrogens (tertiary/aromatic N) is 1. The molecule has 2 aromatic carbocycles. The summed E-state index contributed by atoms with van der Waals surface area (Å²) in [5.41, 5.74) is 8.20. The second-order valence-electron chi connectivity index (χ2n) is 8.17. The Kier molecular flexibility index (Phi) is 4.96. The van der Waals surface area contributed by atoms with Crippen LogP contribution in [-0.2, 0) is 15.0 Å². The molecule has 0 aromatic heterocycles. The Bertz CT molecular complexity index is 907. The van der Waals surface area contributed by atoms with Crippen molar-refractivity contribution in [1.82, 2.24) is 0 Å². The fourth-order valence-corrected chi connectivity index (χ4v) is 5.09. The molecule has 5 nitrogen and oxygen atoms in total. The molecule has 148 valence electrons. The van der Waals surface area contributed by atoms with Crippen molar-refractivity contribution in [3.8, 4) is 0 Å². The second-order valence-corrected chi connectivity index (χ2v) is 8.17. The molecule has 2 aromatic rings. The first-order valence-electron chi connectivity index (χ1n) is 9.69. The minimum Gasteiger partial charge on any atom is -0.385 e. The van der Waals surface area contributed by atoms with E-state index in [2.05, 4.69) is 12.2 Å². The zero-order valence-electron chi connectivity index (χ0n) is 17.2. The summed E-state index contributed by atoms with van der Waals surface area (Å²) in [5, 5.41) is 3.32. The van der Waals surface area contributed by atoms with Gasteiger partial charge in [0.25, 0.3) is 0 Å². The highest BCUT2D eigenvalue weighted by Gasteiger charge is 2.57. The predicted octanol–water partition coefficient (Wildman–Crippen LogP) is 3.67. The highest BCUT2D eigenvalue weighted by Crippen LogP contribution is 2.54. The van der Waals surface area contributed by atoms with Gasteiger partial charge < -0.3 is 16.0 Å². The van der Waals surface area contributed by atoms with Crippen LogP contribution in [0.4, 0.5) is 11.4 Å². The third kappa shape index (κ3) is 2.86. The zero-order valence-corrected chi connectivity index (χ0v) is 17.2. The number of amides is 2. The number of carbonyl (C=O) groups excluding carboxylic acids is 2. The number of rotatable bonds is 4. The van der Waals surface area contributed by atoms with Crippen LogP contribution in [0.15, 0.2) is 48.5 Å². The largest absolute Gasteiger partial charge is 0.385 e. The Labute approximate surface area is 166 Å². The molecule has 2 amide bonds. The molecule has 0 bridgehead atoms. The quantitative estimate of drug-likeness (QED) is 0.851. The maximum Gasteiger partial charge on any atom is 0.224 e. The number of carbonyl (C=O) groups is 2. The molecule has 0 fully saturated rings. The molecule has 2 unspecified atom stereocenters. The van der Waals surface area contributed by atoms with E-state index in [1.165, 1.54) is 6.92 Å². The molecule has 0 saturated carbocycles. The molecule has 2 atom stereocenters. The zero-order chi connectivity index (χ0) is 20.7. The van der Waals surface area contributed by atoms with E-state index < -0.39 is 22.8 Å². The fourth-order valence-electron chi connectivity index (χ4n) is 5.09. The van der Waals surface area contributed by atoms with Crippen molar-refractivity contribution in [3.05, 3.63) is 59.7 Å². The smallest absolute Gasteiger partial charge is 0.224 e. The number of fused-ring (bicyclic) bond motifs is 1. The van der Waals surface area contributed by atoms with E-state index in [1.807, 2.05) is 69.3 Å². The first-order valence-corrected chi connectivity index (χ1v) is 9.69. The van der Waals surface area contributed by atoms with E-state index in [4.69, 9.17) is 5.73 Å². The molecule has 0 saturated heterocycles. The van der Waals surface area contributed by atoms with Gasteiger partial charge in [-0.3, -0.25) is 9.59 Å². The molecule has 0 aliphatic carbocycles. The van der Waals surface area contributed by atoms with Gasteiger partial charge in [0.15, 0.2) is 0 Å². The summed E-state index contributed by atoms with van der Waals surface area (Å²) in [4.78, 5) is 27.2. The van der Waals surface area contributed by atoms with Crippen molar-refractivity contribution in [1.29, 1.82) is 0 Å². The van der Waals surface area contributed by atoms with Gasteiger partial charge in [-0.25, -0.2) is 0 Å². The van der Waals surface area contributed by atoms with Crippen LogP contribution in [-0.4, -0.2) is 23.9 Å². The Morgan fingerprint density at radius 2 is 1.75 bits per heavy atom. The lowest BCUT2D eigenvalue weighted by molar-refractivity contribution is -0.127. The second kappa shape index (κ2) is 6.97. The minimum atomic E-state index is -0.792. The fraction of sp³-hybridized carbons (Fsp3) is 0.391. The molecule has 1 aliphatic rings. The maximum atomic E-state index is 12.8.